The van der Waals surface area contributed by atoms with Crippen LogP contribution in [0.3, 0.4) is 0 Å². The van der Waals surface area contributed by atoms with E-state index in [0.29, 0.717) is 38.9 Å². The fourth-order valence-corrected chi connectivity index (χ4v) is 4.31. The van der Waals surface area contributed by atoms with Crippen molar-refractivity contribution in [2.24, 2.45) is 0 Å². The SMILES string of the molecule is O=C1CCC(c2ccccc2)CCNC(=O)CN(C(=O)CCCCc2cccnc2)CCCN1.O=CO. The molecule has 0 radical (unpaired) electrons. The van der Waals surface area contributed by atoms with Crippen molar-refractivity contribution in [3.05, 3.63) is 66.0 Å². The maximum Gasteiger partial charge on any atom is 0.290 e. The highest BCUT2D eigenvalue weighted by Crippen LogP contribution is 2.24. The molecule has 1 fully saturated rings. The van der Waals surface area contributed by atoms with Crippen LogP contribution in [-0.2, 0) is 25.6 Å². The topological polar surface area (TPSA) is 129 Å². The van der Waals surface area contributed by atoms with Gasteiger partial charge < -0.3 is 20.6 Å². The van der Waals surface area contributed by atoms with E-state index >= 15 is 0 Å². The van der Waals surface area contributed by atoms with Crippen LogP contribution in [0.15, 0.2) is 54.9 Å². The van der Waals surface area contributed by atoms with Crippen LogP contribution in [0.25, 0.3) is 0 Å². The Morgan fingerprint density at radius 3 is 2.51 bits per heavy atom. The first kappa shape index (κ1) is 29.5. The average molecular weight is 511 g/mol. The van der Waals surface area contributed by atoms with Crippen LogP contribution in [-0.4, -0.2) is 65.4 Å². The van der Waals surface area contributed by atoms with Gasteiger partial charge in [0.25, 0.3) is 6.47 Å². The summed E-state index contributed by atoms with van der Waals surface area (Å²) >= 11 is 0. The number of nitrogens with one attached hydrogen (secondary N) is 2. The minimum Gasteiger partial charge on any atom is -0.483 e. The Morgan fingerprint density at radius 2 is 1.78 bits per heavy atom. The lowest BCUT2D eigenvalue weighted by Crippen LogP contribution is -2.42. The molecule has 0 saturated carbocycles. The van der Waals surface area contributed by atoms with Gasteiger partial charge in [-0.25, -0.2) is 0 Å². The number of carbonyl (C=O) groups is 4. The summed E-state index contributed by atoms with van der Waals surface area (Å²) in [4.78, 5) is 51.9. The van der Waals surface area contributed by atoms with Crippen LogP contribution in [0.2, 0.25) is 0 Å². The molecule has 1 aromatic carbocycles. The van der Waals surface area contributed by atoms with Gasteiger partial charge in [-0.05, 0) is 61.6 Å². The minimum atomic E-state index is -0.250. The van der Waals surface area contributed by atoms with Crippen molar-refractivity contribution >= 4 is 24.2 Å². The number of hydrogen-bond acceptors (Lipinski definition) is 5. The summed E-state index contributed by atoms with van der Waals surface area (Å²) in [5.41, 5.74) is 2.34. The van der Waals surface area contributed by atoms with Crippen LogP contribution in [0.1, 0.15) is 62.0 Å². The first-order chi connectivity index (χ1) is 18.0. The van der Waals surface area contributed by atoms with Gasteiger partial charge in [0.1, 0.15) is 0 Å². The Kier molecular flexibility index (Phi) is 14.1. The van der Waals surface area contributed by atoms with Crippen molar-refractivity contribution in [3.8, 4) is 0 Å². The fraction of sp³-hybridized carbons (Fsp3) is 0.464. The number of hydrogen-bond donors (Lipinski definition) is 3. The molecule has 1 saturated heterocycles. The van der Waals surface area contributed by atoms with Gasteiger partial charge in [0, 0.05) is 44.9 Å². The third-order valence-electron chi connectivity index (χ3n) is 6.25. The number of benzene rings is 1. The number of carboxylic acid groups (broad SMARTS) is 1. The summed E-state index contributed by atoms with van der Waals surface area (Å²) in [6.07, 6.45) is 9.14. The quantitative estimate of drug-likeness (QED) is 0.405. The molecule has 0 bridgehead atoms. The molecular weight excluding hydrogens is 472 g/mol. The van der Waals surface area contributed by atoms with Crippen LogP contribution in [0, 0.1) is 0 Å². The van der Waals surface area contributed by atoms with Gasteiger partial charge in [-0.2, -0.15) is 0 Å². The number of rotatable bonds is 6. The summed E-state index contributed by atoms with van der Waals surface area (Å²) in [7, 11) is 0. The van der Waals surface area contributed by atoms with Gasteiger partial charge in [0.2, 0.25) is 17.7 Å². The number of unbranched alkanes of at least 4 members (excludes halogenated alkanes) is 1. The summed E-state index contributed by atoms with van der Waals surface area (Å²) in [6, 6.07) is 14.1. The average Bonchev–Trinajstić information content (AvgIpc) is 2.91. The van der Waals surface area contributed by atoms with Gasteiger partial charge in [-0.3, -0.25) is 24.2 Å². The Balaban J connectivity index is 0.00000153. The van der Waals surface area contributed by atoms with Gasteiger partial charge in [0.05, 0.1) is 6.54 Å². The largest absolute Gasteiger partial charge is 0.483 e. The second-order valence-electron chi connectivity index (χ2n) is 8.98. The molecule has 200 valence electrons. The first-order valence-corrected chi connectivity index (χ1v) is 12.9. The predicted molar refractivity (Wildman–Crippen MR) is 141 cm³/mol. The maximum absolute atomic E-state index is 12.8. The van der Waals surface area contributed by atoms with Crippen LogP contribution in [0.5, 0.6) is 0 Å². The number of amides is 3. The molecule has 1 aliphatic heterocycles. The van der Waals surface area contributed by atoms with Crippen molar-refractivity contribution in [1.82, 2.24) is 20.5 Å². The highest BCUT2D eigenvalue weighted by molar-refractivity contribution is 5.84. The summed E-state index contributed by atoms with van der Waals surface area (Å²) in [6.45, 7) is 1.29. The molecule has 3 rings (SSSR count). The number of aryl methyl sites for hydroxylation is 1. The van der Waals surface area contributed by atoms with E-state index in [-0.39, 0.29) is 36.7 Å². The van der Waals surface area contributed by atoms with Gasteiger partial charge in [-0.15, -0.1) is 0 Å². The van der Waals surface area contributed by atoms with E-state index in [1.54, 1.807) is 11.1 Å². The van der Waals surface area contributed by atoms with Crippen molar-refractivity contribution in [2.75, 3.05) is 26.2 Å². The van der Waals surface area contributed by atoms with E-state index in [0.717, 1.165) is 37.7 Å². The van der Waals surface area contributed by atoms with Crippen molar-refractivity contribution in [2.45, 2.75) is 57.3 Å². The zero-order valence-corrected chi connectivity index (χ0v) is 21.3. The third kappa shape index (κ3) is 12.2. The van der Waals surface area contributed by atoms with Gasteiger partial charge in [-0.1, -0.05) is 36.4 Å². The molecule has 1 atom stereocenters. The molecule has 37 heavy (non-hydrogen) atoms. The summed E-state index contributed by atoms with van der Waals surface area (Å²) in [5.74, 6) is 0.0987. The molecule has 3 N–H and O–H groups in total. The Hall–Kier alpha value is -3.75. The maximum atomic E-state index is 12.8. The van der Waals surface area contributed by atoms with Gasteiger partial charge in [0.15, 0.2) is 0 Å². The standard InChI is InChI=1S/C27H36N4O3.CH2O2/c32-25-14-13-24(23-10-2-1-3-11-23)15-18-30-26(33)21-31(19-7-17-29-25)27(34)12-5-4-8-22-9-6-16-28-20-22;2-1-3/h1-3,6,9-11,16,20,24H,4-5,7-8,12-15,17-19,21H2,(H,29,32)(H,30,33);1H,(H,2,3). The number of carbonyl (C=O) groups excluding carboxylic acids is 3. The van der Waals surface area contributed by atoms with Crippen molar-refractivity contribution in [3.63, 3.8) is 0 Å². The zero-order valence-electron chi connectivity index (χ0n) is 21.3. The lowest BCUT2D eigenvalue weighted by molar-refractivity contribution is -0.136. The molecule has 9 heteroatoms. The van der Waals surface area contributed by atoms with E-state index < -0.39 is 0 Å². The molecule has 0 spiro atoms. The number of pyridine rings is 1. The van der Waals surface area contributed by atoms with Crippen LogP contribution < -0.4 is 10.6 Å². The van der Waals surface area contributed by atoms with Gasteiger partial charge >= 0.3 is 0 Å². The zero-order chi connectivity index (χ0) is 26.7. The van der Waals surface area contributed by atoms with Crippen LogP contribution in [0.4, 0.5) is 0 Å². The number of aromatic nitrogens is 1. The van der Waals surface area contributed by atoms with Crippen molar-refractivity contribution < 1.29 is 24.3 Å². The van der Waals surface area contributed by atoms with Crippen LogP contribution >= 0.6 is 0 Å². The van der Waals surface area contributed by atoms with E-state index in [2.05, 4.69) is 27.8 Å². The predicted octanol–water partition coefficient (Wildman–Crippen LogP) is 2.91. The smallest absolute Gasteiger partial charge is 0.290 e. The lowest BCUT2D eigenvalue weighted by Gasteiger charge is -2.24. The highest BCUT2D eigenvalue weighted by Gasteiger charge is 2.19. The number of nitrogens with zero attached hydrogens (tertiary/aromatic N) is 2. The summed E-state index contributed by atoms with van der Waals surface area (Å²) < 4.78 is 0. The summed E-state index contributed by atoms with van der Waals surface area (Å²) in [5, 5.41) is 12.8. The minimum absolute atomic E-state index is 0.0121. The Morgan fingerprint density at radius 1 is 1.03 bits per heavy atom. The van der Waals surface area contributed by atoms with E-state index in [9.17, 15) is 14.4 Å². The van der Waals surface area contributed by atoms with E-state index in [4.69, 9.17) is 9.90 Å². The monoisotopic (exact) mass is 510 g/mol. The van der Waals surface area contributed by atoms with Crippen molar-refractivity contribution in [1.29, 1.82) is 0 Å². The molecule has 2 aromatic rings. The Labute approximate surface area is 218 Å². The second kappa shape index (κ2) is 17.6. The first-order valence-electron chi connectivity index (χ1n) is 12.9. The molecule has 9 nitrogen and oxygen atoms in total. The third-order valence-corrected chi connectivity index (χ3v) is 6.25. The molecule has 1 aliphatic rings. The molecule has 0 aliphatic carbocycles. The molecule has 2 heterocycles. The second-order valence-corrected chi connectivity index (χ2v) is 8.98. The molecular formula is C28H38N4O5. The lowest BCUT2D eigenvalue weighted by atomic mass is 9.91. The molecule has 1 unspecified atom stereocenters. The molecule has 3 amide bonds. The fourth-order valence-electron chi connectivity index (χ4n) is 4.31. The Bertz CT molecular complexity index is 956. The normalized spacial score (nSPS) is 17.3. The molecule has 1 aromatic heterocycles. The van der Waals surface area contributed by atoms with E-state index in [1.165, 1.54) is 5.56 Å². The van der Waals surface area contributed by atoms with E-state index in [1.807, 2.05) is 36.5 Å². The highest BCUT2D eigenvalue weighted by atomic mass is 16.3.